The topological polar surface area (TPSA) is 154 Å². The lowest BCUT2D eigenvalue weighted by Crippen LogP contribution is -2.58. The van der Waals surface area contributed by atoms with Crippen LogP contribution in [0.15, 0.2) is 12.3 Å². The van der Waals surface area contributed by atoms with Gasteiger partial charge < -0.3 is 30.9 Å². The van der Waals surface area contributed by atoms with Crippen molar-refractivity contribution in [3.05, 3.63) is 12.3 Å². The van der Waals surface area contributed by atoms with Gasteiger partial charge in [-0.15, -0.1) is 0 Å². The number of hydrogen-bond donors (Lipinski definition) is 5. The van der Waals surface area contributed by atoms with E-state index in [2.05, 4.69) is 29.5 Å². The molecule has 0 saturated carbocycles. The Kier molecular flexibility index (Phi) is 14.6. The van der Waals surface area contributed by atoms with Crippen LogP contribution in [0, 0.1) is 17.8 Å². The van der Waals surface area contributed by atoms with Gasteiger partial charge in [0, 0.05) is 5.92 Å². The maximum absolute atomic E-state index is 13.2. The number of cyclic esters (lactones) is 1. The van der Waals surface area contributed by atoms with Gasteiger partial charge in [-0.2, -0.15) is 0 Å². The molecule has 0 aromatic heterocycles. The Morgan fingerprint density at radius 1 is 0.842 bits per heavy atom. The second-order valence-corrected chi connectivity index (χ2v) is 10.9. The SMILES string of the molecule is C=C1NC(=O)C(C(C)O)NC(=O)C(C(C)C)NC(=O)C(C)C(C(C)C(O)CCCCCCCCC)OC1=O. The van der Waals surface area contributed by atoms with Crippen LogP contribution in [0.3, 0.4) is 0 Å². The summed E-state index contributed by atoms with van der Waals surface area (Å²) < 4.78 is 5.64. The molecule has 1 aliphatic heterocycles. The van der Waals surface area contributed by atoms with Crippen molar-refractivity contribution in [2.45, 2.75) is 123 Å². The van der Waals surface area contributed by atoms with Gasteiger partial charge in [-0.1, -0.05) is 86.1 Å². The number of esters is 1. The van der Waals surface area contributed by atoms with Crippen molar-refractivity contribution in [2.24, 2.45) is 17.8 Å². The van der Waals surface area contributed by atoms with E-state index in [1.54, 1.807) is 27.7 Å². The summed E-state index contributed by atoms with van der Waals surface area (Å²) in [6.45, 7) is 13.8. The van der Waals surface area contributed by atoms with Crippen LogP contribution in [-0.2, 0) is 23.9 Å². The van der Waals surface area contributed by atoms with Gasteiger partial charge in [0.25, 0.3) is 0 Å². The molecule has 5 N–H and O–H groups in total. The fourth-order valence-electron chi connectivity index (χ4n) is 4.55. The molecule has 1 aliphatic rings. The predicted molar refractivity (Wildman–Crippen MR) is 144 cm³/mol. The minimum absolute atomic E-state index is 0.342. The molecule has 0 radical (unpaired) electrons. The number of aliphatic hydroxyl groups excluding tert-OH is 2. The highest BCUT2D eigenvalue weighted by molar-refractivity contribution is 5.98. The quantitative estimate of drug-likeness (QED) is 0.145. The van der Waals surface area contributed by atoms with Crippen molar-refractivity contribution < 1.29 is 34.1 Å². The first-order valence-electron chi connectivity index (χ1n) is 14.0. The Hall–Kier alpha value is -2.46. The average Bonchev–Trinajstić information content (AvgIpc) is 2.86. The average molecular weight is 540 g/mol. The third-order valence-corrected chi connectivity index (χ3v) is 7.21. The Bertz CT molecular complexity index is 814. The van der Waals surface area contributed by atoms with Crippen LogP contribution in [0.5, 0.6) is 0 Å². The molecule has 0 aliphatic carbocycles. The standard InChI is InChI=1S/C28H49N3O7/c1-8-9-10-11-12-13-14-15-21(33)17(4)24-18(5)25(34)30-22(16(2)3)26(35)31-23(20(7)32)27(36)29-19(6)28(37)38-24/h16-18,20-24,32-33H,6,8-15H2,1-5,7H3,(H,29,36)(H,30,34)(H,31,35). The summed E-state index contributed by atoms with van der Waals surface area (Å²) >= 11 is 0. The van der Waals surface area contributed by atoms with E-state index < -0.39 is 71.6 Å². The lowest BCUT2D eigenvalue weighted by atomic mass is 9.86. The van der Waals surface area contributed by atoms with Gasteiger partial charge in [0.05, 0.1) is 18.1 Å². The number of aliphatic hydroxyl groups is 2. The zero-order chi connectivity index (χ0) is 29.0. The van der Waals surface area contributed by atoms with Crippen molar-refractivity contribution >= 4 is 23.7 Å². The van der Waals surface area contributed by atoms with Gasteiger partial charge in [-0.05, 0) is 19.3 Å². The number of nitrogens with one attached hydrogen (secondary N) is 3. The molecule has 7 unspecified atom stereocenters. The maximum Gasteiger partial charge on any atom is 0.354 e. The smallest absolute Gasteiger partial charge is 0.354 e. The molecular weight excluding hydrogens is 490 g/mol. The summed E-state index contributed by atoms with van der Waals surface area (Å²) in [7, 11) is 0. The second kappa shape index (κ2) is 16.5. The maximum atomic E-state index is 13.2. The number of carbonyl (C=O) groups excluding carboxylic acids is 4. The Balaban J connectivity index is 3.13. The highest BCUT2D eigenvalue weighted by Gasteiger charge is 2.39. The van der Waals surface area contributed by atoms with E-state index in [1.807, 2.05) is 0 Å². The first kappa shape index (κ1) is 33.6. The summed E-state index contributed by atoms with van der Waals surface area (Å²) in [6.07, 6.45) is 4.96. The van der Waals surface area contributed by atoms with E-state index >= 15 is 0 Å². The minimum atomic E-state index is -1.39. The molecule has 1 fully saturated rings. The molecule has 10 heteroatoms. The zero-order valence-corrected chi connectivity index (χ0v) is 23.9. The van der Waals surface area contributed by atoms with E-state index in [0.717, 1.165) is 25.7 Å². The molecule has 1 rings (SSSR count). The number of amides is 3. The molecule has 7 atom stereocenters. The Labute approximate surface area is 227 Å². The van der Waals surface area contributed by atoms with Crippen LogP contribution in [0.4, 0.5) is 0 Å². The summed E-state index contributed by atoms with van der Waals surface area (Å²) in [5.74, 6) is -4.86. The van der Waals surface area contributed by atoms with Crippen molar-refractivity contribution in [3.63, 3.8) is 0 Å². The lowest BCUT2D eigenvalue weighted by Gasteiger charge is -2.32. The molecule has 218 valence electrons. The minimum Gasteiger partial charge on any atom is -0.457 e. The van der Waals surface area contributed by atoms with E-state index in [1.165, 1.54) is 26.2 Å². The highest BCUT2D eigenvalue weighted by atomic mass is 16.5. The third kappa shape index (κ3) is 10.4. The Morgan fingerprint density at radius 2 is 1.39 bits per heavy atom. The van der Waals surface area contributed by atoms with Gasteiger partial charge in [0.15, 0.2) is 0 Å². The zero-order valence-electron chi connectivity index (χ0n) is 23.9. The highest BCUT2D eigenvalue weighted by Crippen LogP contribution is 2.25. The van der Waals surface area contributed by atoms with Gasteiger partial charge in [-0.25, -0.2) is 4.79 Å². The summed E-state index contributed by atoms with van der Waals surface area (Å²) in [5, 5.41) is 28.4. The molecule has 0 bridgehead atoms. The van der Waals surface area contributed by atoms with Crippen LogP contribution in [-0.4, -0.2) is 64.3 Å². The molecule has 10 nitrogen and oxygen atoms in total. The first-order chi connectivity index (χ1) is 17.8. The summed E-state index contributed by atoms with van der Waals surface area (Å²) in [5.41, 5.74) is -0.402. The van der Waals surface area contributed by atoms with E-state index in [-0.39, 0.29) is 5.92 Å². The van der Waals surface area contributed by atoms with Crippen molar-refractivity contribution in [3.8, 4) is 0 Å². The summed E-state index contributed by atoms with van der Waals surface area (Å²) in [6, 6.07) is -2.39. The number of rotatable bonds is 12. The fraction of sp³-hybridized carbons (Fsp3) is 0.786. The first-order valence-corrected chi connectivity index (χ1v) is 14.0. The number of unbranched alkanes of at least 4 members (excludes halogenated alkanes) is 6. The molecule has 1 heterocycles. The van der Waals surface area contributed by atoms with Crippen LogP contribution in [0.1, 0.15) is 92.9 Å². The molecule has 3 amide bonds. The predicted octanol–water partition coefficient (Wildman–Crippen LogP) is 2.32. The van der Waals surface area contributed by atoms with Crippen molar-refractivity contribution in [1.82, 2.24) is 16.0 Å². The van der Waals surface area contributed by atoms with E-state index in [4.69, 9.17) is 4.74 Å². The van der Waals surface area contributed by atoms with Gasteiger partial charge >= 0.3 is 5.97 Å². The largest absolute Gasteiger partial charge is 0.457 e. The van der Waals surface area contributed by atoms with Crippen molar-refractivity contribution in [1.29, 1.82) is 0 Å². The van der Waals surface area contributed by atoms with Crippen LogP contribution >= 0.6 is 0 Å². The van der Waals surface area contributed by atoms with Gasteiger partial charge in [-0.3, -0.25) is 14.4 Å². The molecular formula is C28H49N3O7. The number of ether oxygens (including phenoxy) is 1. The molecule has 0 spiro atoms. The van der Waals surface area contributed by atoms with E-state index in [0.29, 0.717) is 6.42 Å². The Morgan fingerprint density at radius 3 is 1.95 bits per heavy atom. The third-order valence-electron chi connectivity index (χ3n) is 7.21. The molecule has 38 heavy (non-hydrogen) atoms. The van der Waals surface area contributed by atoms with Gasteiger partial charge in [0.2, 0.25) is 17.7 Å². The van der Waals surface area contributed by atoms with E-state index in [9.17, 15) is 29.4 Å². The lowest BCUT2D eigenvalue weighted by molar-refractivity contribution is -0.157. The van der Waals surface area contributed by atoms with Crippen LogP contribution < -0.4 is 16.0 Å². The normalized spacial score (nSPS) is 26.2. The van der Waals surface area contributed by atoms with Gasteiger partial charge in [0.1, 0.15) is 23.9 Å². The number of hydrogen-bond acceptors (Lipinski definition) is 7. The van der Waals surface area contributed by atoms with Crippen molar-refractivity contribution in [2.75, 3.05) is 0 Å². The molecule has 0 aromatic carbocycles. The van der Waals surface area contributed by atoms with Crippen LogP contribution in [0.25, 0.3) is 0 Å². The molecule has 0 aromatic rings. The monoisotopic (exact) mass is 539 g/mol. The summed E-state index contributed by atoms with van der Waals surface area (Å²) in [4.78, 5) is 51.8. The fourth-order valence-corrected chi connectivity index (χ4v) is 4.55. The molecule has 1 saturated heterocycles. The van der Waals surface area contributed by atoms with Crippen LogP contribution in [0.2, 0.25) is 0 Å². The second-order valence-electron chi connectivity index (χ2n) is 10.9. The number of carbonyl (C=O) groups is 4.